The summed E-state index contributed by atoms with van der Waals surface area (Å²) in [6.45, 7) is 2.40. The van der Waals surface area contributed by atoms with E-state index in [4.69, 9.17) is 0 Å². The van der Waals surface area contributed by atoms with Crippen LogP contribution in [0.1, 0.15) is 19.3 Å². The van der Waals surface area contributed by atoms with E-state index in [0.29, 0.717) is 18.6 Å². The molecular weight excluding hydrogens is 237 g/mol. The molecule has 0 saturated carbocycles. The predicted octanol–water partition coefficient (Wildman–Crippen LogP) is 2.07. The number of fused-ring (bicyclic) bond motifs is 2. The first-order chi connectivity index (χ1) is 7.53. The van der Waals surface area contributed by atoms with Crippen LogP contribution in [0.5, 0.6) is 0 Å². The lowest BCUT2D eigenvalue weighted by Gasteiger charge is -2.23. The standard InChI is InChI=1S/C10H17F3N2S/c11-10(12,13)16-6-5-15-4-3-8-1-2-9(7-15)14-8/h8-9,14H,1-7H2. The van der Waals surface area contributed by atoms with E-state index in [9.17, 15) is 13.2 Å². The third-order valence-electron chi connectivity index (χ3n) is 3.28. The number of alkyl halides is 3. The van der Waals surface area contributed by atoms with E-state index in [0.717, 1.165) is 19.5 Å². The second-order valence-electron chi connectivity index (χ2n) is 4.52. The van der Waals surface area contributed by atoms with Gasteiger partial charge in [-0.25, -0.2) is 0 Å². The zero-order valence-corrected chi connectivity index (χ0v) is 9.91. The molecule has 0 aromatic rings. The molecule has 2 unspecified atom stereocenters. The molecule has 0 aliphatic carbocycles. The van der Waals surface area contributed by atoms with Crippen molar-refractivity contribution >= 4 is 11.8 Å². The van der Waals surface area contributed by atoms with Crippen LogP contribution in [0.4, 0.5) is 13.2 Å². The maximum absolute atomic E-state index is 12.0. The first-order valence-electron chi connectivity index (χ1n) is 5.72. The number of hydrogen-bond acceptors (Lipinski definition) is 3. The average molecular weight is 254 g/mol. The number of nitrogens with one attached hydrogen (secondary N) is 1. The summed E-state index contributed by atoms with van der Waals surface area (Å²) in [6.07, 6.45) is 3.48. The van der Waals surface area contributed by atoms with Gasteiger partial charge in [-0.3, -0.25) is 0 Å². The number of likely N-dealkylation sites (tertiary alicyclic amines) is 1. The molecule has 0 aromatic carbocycles. The van der Waals surface area contributed by atoms with Crippen LogP contribution in [-0.2, 0) is 0 Å². The van der Waals surface area contributed by atoms with Gasteiger partial charge in [-0.1, -0.05) is 0 Å². The maximum atomic E-state index is 12.0. The minimum atomic E-state index is -4.08. The quantitative estimate of drug-likeness (QED) is 0.830. The van der Waals surface area contributed by atoms with Gasteiger partial charge in [0.1, 0.15) is 0 Å². The van der Waals surface area contributed by atoms with E-state index in [1.54, 1.807) is 0 Å². The third-order valence-corrected chi connectivity index (χ3v) is 3.99. The second kappa shape index (κ2) is 5.14. The van der Waals surface area contributed by atoms with Crippen molar-refractivity contribution in [3.05, 3.63) is 0 Å². The van der Waals surface area contributed by atoms with Gasteiger partial charge in [0.2, 0.25) is 0 Å². The highest BCUT2D eigenvalue weighted by Crippen LogP contribution is 2.30. The Kier molecular flexibility index (Phi) is 4.02. The van der Waals surface area contributed by atoms with Crippen molar-refractivity contribution in [3.8, 4) is 0 Å². The van der Waals surface area contributed by atoms with Crippen LogP contribution in [0, 0.1) is 0 Å². The summed E-state index contributed by atoms with van der Waals surface area (Å²) < 4.78 is 35.9. The van der Waals surface area contributed by atoms with Crippen molar-refractivity contribution in [2.75, 3.05) is 25.4 Å². The van der Waals surface area contributed by atoms with Crippen LogP contribution >= 0.6 is 11.8 Å². The van der Waals surface area contributed by atoms with E-state index in [-0.39, 0.29) is 17.5 Å². The lowest BCUT2D eigenvalue weighted by molar-refractivity contribution is -0.0328. The van der Waals surface area contributed by atoms with Gasteiger partial charge < -0.3 is 10.2 Å². The molecule has 94 valence electrons. The van der Waals surface area contributed by atoms with Crippen molar-refractivity contribution in [1.29, 1.82) is 0 Å². The summed E-state index contributed by atoms with van der Waals surface area (Å²) in [7, 11) is 0. The molecule has 0 spiro atoms. The van der Waals surface area contributed by atoms with Gasteiger partial charge in [0.05, 0.1) is 0 Å². The molecule has 2 aliphatic heterocycles. The Morgan fingerprint density at radius 3 is 2.69 bits per heavy atom. The summed E-state index contributed by atoms with van der Waals surface area (Å²) in [5, 5.41) is 3.52. The fraction of sp³-hybridized carbons (Fsp3) is 1.00. The summed E-state index contributed by atoms with van der Waals surface area (Å²) >= 11 is 0.0920. The number of halogens is 3. The Hall–Kier alpha value is 0.0600. The largest absolute Gasteiger partial charge is 0.441 e. The van der Waals surface area contributed by atoms with Gasteiger partial charge in [-0.2, -0.15) is 13.2 Å². The molecule has 2 rings (SSSR count). The fourth-order valence-electron chi connectivity index (χ4n) is 2.51. The number of hydrogen-bond donors (Lipinski definition) is 1. The van der Waals surface area contributed by atoms with Gasteiger partial charge in [-0.15, -0.1) is 0 Å². The van der Waals surface area contributed by atoms with Crippen molar-refractivity contribution in [1.82, 2.24) is 10.2 Å². The van der Waals surface area contributed by atoms with Crippen LogP contribution < -0.4 is 5.32 Å². The monoisotopic (exact) mass is 254 g/mol. The average Bonchev–Trinajstić information content (AvgIpc) is 2.48. The van der Waals surface area contributed by atoms with Crippen LogP contribution in [-0.4, -0.2) is 47.9 Å². The molecule has 0 radical (unpaired) electrons. The van der Waals surface area contributed by atoms with Crippen LogP contribution in [0.2, 0.25) is 0 Å². The van der Waals surface area contributed by atoms with Gasteiger partial charge in [0.25, 0.3) is 0 Å². The highest BCUT2D eigenvalue weighted by molar-refractivity contribution is 8.00. The Bertz CT molecular complexity index is 235. The van der Waals surface area contributed by atoms with Gasteiger partial charge in [0, 0.05) is 30.9 Å². The van der Waals surface area contributed by atoms with Gasteiger partial charge in [-0.05, 0) is 37.6 Å². The third kappa shape index (κ3) is 3.82. The lowest BCUT2D eigenvalue weighted by Crippen LogP contribution is -2.36. The van der Waals surface area contributed by atoms with Crippen molar-refractivity contribution < 1.29 is 13.2 Å². The first-order valence-corrected chi connectivity index (χ1v) is 6.70. The van der Waals surface area contributed by atoms with E-state index in [2.05, 4.69) is 10.2 Å². The molecular formula is C10H17F3N2S. The fourth-order valence-corrected chi connectivity index (χ4v) is 3.09. The van der Waals surface area contributed by atoms with E-state index >= 15 is 0 Å². The molecule has 0 aromatic heterocycles. The van der Waals surface area contributed by atoms with E-state index < -0.39 is 5.51 Å². The molecule has 2 saturated heterocycles. The number of nitrogens with zero attached hydrogens (tertiary/aromatic N) is 1. The molecule has 2 atom stereocenters. The van der Waals surface area contributed by atoms with Crippen LogP contribution in [0.3, 0.4) is 0 Å². The molecule has 2 fully saturated rings. The zero-order chi connectivity index (χ0) is 11.6. The molecule has 0 amide bonds. The van der Waals surface area contributed by atoms with Crippen molar-refractivity contribution in [2.45, 2.75) is 36.9 Å². The smallest absolute Gasteiger partial charge is 0.310 e. The van der Waals surface area contributed by atoms with Crippen LogP contribution in [0.25, 0.3) is 0 Å². The zero-order valence-electron chi connectivity index (χ0n) is 9.09. The Labute approximate surface area is 97.9 Å². The molecule has 16 heavy (non-hydrogen) atoms. The molecule has 2 nitrogen and oxygen atoms in total. The highest BCUT2D eigenvalue weighted by atomic mass is 32.2. The molecule has 1 N–H and O–H groups in total. The minimum absolute atomic E-state index is 0.0920. The van der Waals surface area contributed by atoms with Crippen molar-refractivity contribution in [2.24, 2.45) is 0 Å². The highest BCUT2D eigenvalue weighted by Gasteiger charge is 2.31. The predicted molar refractivity (Wildman–Crippen MR) is 59.5 cm³/mol. The van der Waals surface area contributed by atoms with Gasteiger partial charge >= 0.3 is 5.51 Å². The summed E-state index contributed by atoms with van der Waals surface area (Å²) in [4.78, 5) is 2.16. The maximum Gasteiger partial charge on any atom is 0.441 e. The summed E-state index contributed by atoms with van der Waals surface area (Å²) in [5.41, 5.74) is -4.08. The first kappa shape index (κ1) is 12.5. The molecule has 2 aliphatic rings. The Morgan fingerprint density at radius 1 is 1.19 bits per heavy atom. The normalized spacial score (nSPS) is 31.7. The van der Waals surface area contributed by atoms with Gasteiger partial charge in [0.15, 0.2) is 0 Å². The lowest BCUT2D eigenvalue weighted by atomic mass is 10.1. The van der Waals surface area contributed by atoms with Crippen LogP contribution in [0.15, 0.2) is 0 Å². The van der Waals surface area contributed by atoms with E-state index in [1.807, 2.05) is 0 Å². The molecule has 6 heteroatoms. The SMILES string of the molecule is FC(F)(F)SCCN1CCC2CCC(C1)N2. The number of thioether (sulfide) groups is 1. The minimum Gasteiger partial charge on any atom is -0.310 e. The number of rotatable bonds is 3. The molecule has 2 bridgehead atoms. The summed E-state index contributed by atoms with van der Waals surface area (Å²) in [5.74, 6) is 0.154. The second-order valence-corrected chi connectivity index (χ2v) is 5.68. The van der Waals surface area contributed by atoms with E-state index in [1.165, 1.54) is 12.8 Å². The Morgan fingerprint density at radius 2 is 1.94 bits per heavy atom. The Balaban J connectivity index is 1.70. The van der Waals surface area contributed by atoms with Crippen molar-refractivity contribution in [3.63, 3.8) is 0 Å². The topological polar surface area (TPSA) is 15.3 Å². The summed E-state index contributed by atoms with van der Waals surface area (Å²) in [6, 6.07) is 1.11. The molecule has 2 heterocycles.